The maximum Gasteiger partial charge on any atom is 0.271 e. The molecule has 0 bridgehead atoms. The minimum absolute atomic E-state index is 0.00195. The van der Waals surface area contributed by atoms with Crippen LogP contribution in [0.5, 0.6) is 5.75 Å². The molecule has 1 aliphatic heterocycles. The third-order valence-corrected chi connectivity index (χ3v) is 7.98. The predicted octanol–water partition coefficient (Wildman–Crippen LogP) is 5.09. The van der Waals surface area contributed by atoms with E-state index in [1.165, 1.54) is 28.0 Å². The molecule has 3 aromatic carbocycles. The van der Waals surface area contributed by atoms with E-state index in [4.69, 9.17) is 9.73 Å². The molecular weight excluding hydrogens is 508 g/mol. The molecule has 0 N–H and O–H groups in total. The average molecular weight is 529 g/mol. The van der Waals surface area contributed by atoms with E-state index in [0.29, 0.717) is 4.53 Å². The van der Waals surface area contributed by atoms with Crippen LogP contribution in [0.15, 0.2) is 92.6 Å². The van der Waals surface area contributed by atoms with Crippen molar-refractivity contribution in [1.82, 2.24) is 4.57 Å². The molecule has 1 aliphatic carbocycles. The molecule has 1 unspecified atom stereocenters. The summed E-state index contributed by atoms with van der Waals surface area (Å²) in [5.41, 5.74) is 6.76. The Kier molecular flexibility index (Phi) is 5.35. The van der Waals surface area contributed by atoms with Gasteiger partial charge in [0, 0.05) is 10.0 Å². The number of fused-ring (bicyclic) bond motifs is 3. The molecule has 1 atom stereocenters. The van der Waals surface area contributed by atoms with Gasteiger partial charge in [0.25, 0.3) is 5.56 Å². The highest BCUT2D eigenvalue weighted by molar-refractivity contribution is 9.10. The second kappa shape index (κ2) is 8.53. The number of ether oxygens (including phenoxy) is 1. The monoisotopic (exact) mass is 528 g/mol. The second-order valence-corrected chi connectivity index (χ2v) is 10.4. The van der Waals surface area contributed by atoms with Crippen molar-refractivity contribution in [2.24, 2.45) is 4.99 Å². The zero-order chi connectivity index (χ0) is 23.2. The van der Waals surface area contributed by atoms with E-state index in [9.17, 15) is 4.79 Å². The largest absolute Gasteiger partial charge is 0.497 e. The van der Waals surface area contributed by atoms with Crippen LogP contribution in [-0.2, 0) is 6.42 Å². The van der Waals surface area contributed by atoms with E-state index in [1.54, 1.807) is 7.11 Å². The quantitative estimate of drug-likeness (QED) is 0.371. The fourth-order valence-electron chi connectivity index (χ4n) is 4.82. The molecule has 2 aliphatic rings. The maximum absolute atomic E-state index is 13.7. The Morgan fingerprint density at radius 2 is 1.79 bits per heavy atom. The van der Waals surface area contributed by atoms with Crippen molar-refractivity contribution in [2.45, 2.75) is 18.9 Å². The Morgan fingerprint density at radius 1 is 1.03 bits per heavy atom. The highest BCUT2D eigenvalue weighted by Crippen LogP contribution is 2.41. The van der Waals surface area contributed by atoms with Crippen LogP contribution >= 0.6 is 27.3 Å². The van der Waals surface area contributed by atoms with Gasteiger partial charge in [-0.15, -0.1) is 0 Å². The van der Waals surface area contributed by atoms with E-state index in [1.807, 2.05) is 47.0 Å². The molecule has 4 aromatic rings. The van der Waals surface area contributed by atoms with Gasteiger partial charge in [-0.1, -0.05) is 75.8 Å². The molecule has 4 nitrogen and oxygen atoms in total. The molecule has 34 heavy (non-hydrogen) atoms. The van der Waals surface area contributed by atoms with Crippen LogP contribution in [0, 0.1) is 0 Å². The van der Waals surface area contributed by atoms with Crippen LogP contribution in [0.4, 0.5) is 0 Å². The standard InChI is InChI=1S/C28H21BrN2O2S/c1-33-21-13-8-19(9-14-21)26-23-15-10-18-4-2-3-5-22(18)25(23)30-28-31(26)27(32)24(34-28)16-17-6-11-20(29)12-7-17/h2-9,11-14,16,26H,10,15H2,1H3. The Hall–Kier alpha value is -3.22. The lowest BCUT2D eigenvalue weighted by Crippen LogP contribution is -2.38. The van der Waals surface area contributed by atoms with Crippen LogP contribution in [0.3, 0.4) is 0 Å². The van der Waals surface area contributed by atoms with Gasteiger partial charge in [0.2, 0.25) is 0 Å². The molecule has 6 heteroatoms. The van der Waals surface area contributed by atoms with Gasteiger partial charge < -0.3 is 4.74 Å². The lowest BCUT2D eigenvalue weighted by atomic mass is 9.83. The summed E-state index contributed by atoms with van der Waals surface area (Å²) in [5, 5.41) is 0. The average Bonchev–Trinajstić information content (AvgIpc) is 3.18. The third kappa shape index (κ3) is 3.58. The number of hydrogen-bond acceptors (Lipinski definition) is 4. The van der Waals surface area contributed by atoms with Crippen molar-refractivity contribution >= 4 is 39.0 Å². The van der Waals surface area contributed by atoms with Gasteiger partial charge in [0.1, 0.15) is 5.75 Å². The lowest BCUT2D eigenvalue weighted by molar-refractivity contribution is 0.414. The number of benzene rings is 3. The smallest absolute Gasteiger partial charge is 0.271 e. The summed E-state index contributed by atoms with van der Waals surface area (Å²) in [6.45, 7) is 0. The Bertz CT molecular complexity index is 1610. The van der Waals surface area contributed by atoms with Gasteiger partial charge in [0.05, 0.1) is 23.4 Å². The van der Waals surface area contributed by atoms with Gasteiger partial charge in [-0.3, -0.25) is 9.36 Å². The number of allylic oxidation sites excluding steroid dienone is 1. The van der Waals surface area contributed by atoms with Crippen molar-refractivity contribution in [2.75, 3.05) is 7.11 Å². The van der Waals surface area contributed by atoms with Gasteiger partial charge in [0.15, 0.2) is 4.80 Å². The Morgan fingerprint density at radius 3 is 2.56 bits per heavy atom. The van der Waals surface area contributed by atoms with Gasteiger partial charge in [-0.2, -0.15) is 0 Å². The molecule has 0 fully saturated rings. The van der Waals surface area contributed by atoms with E-state index in [0.717, 1.165) is 44.7 Å². The van der Waals surface area contributed by atoms with E-state index in [-0.39, 0.29) is 11.6 Å². The van der Waals surface area contributed by atoms with E-state index >= 15 is 0 Å². The SMILES string of the molecule is COc1ccc(C2C3=C(N=c4sc(=Cc5ccc(Br)cc5)c(=O)n42)c2ccccc2CC3)cc1. The fourth-order valence-corrected chi connectivity index (χ4v) is 6.08. The molecule has 0 spiro atoms. The summed E-state index contributed by atoms with van der Waals surface area (Å²) >= 11 is 4.93. The minimum atomic E-state index is -0.183. The Labute approximate surface area is 209 Å². The molecule has 0 saturated heterocycles. The molecule has 0 saturated carbocycles. The van der Waals surface area contributed by atoms with Crippen molar-refractivity contribution in [3.05, 3.63) is 125 Å². The van der Waals surface area contributed by atoms with E-state index < -0.39 is 0 Å². The summed E-state index contributed by atoms with van der Waals surface area (Å²) < 4.78 is 8.95. The summed E-state index contributed by atoms with van der Waals surface area (Å²) in [6, 6.07) is 24.3. The highest BCUT2D eigenvalue weighted by Gasteiger charge is 2.32. The van der Waals surface area contributed by atoms with Crippen LogP contribution in [0.25, 0.3) is 11.8 Å². The van der Waals surface area contributed by atoms with E-state index in [2.05, 4.69) is 52.3 Å². The first-order valence-corrected chi connectivity index (χ1v) is 12.8. The Balaban J connectivity index is 1.60. The molecule has 0 radical (unpaired) electrons. The van der Waals surface area contributed by atoms with Crippen molar-refractivity contribution in [3.8, 4) is 5.75 Å². The second-order valence-electron chi connectivity index (χ2n) is 8.44. The number of methoxy groups -OCH3 is 1. The first kappa shape index (κ1) is 21.3. The lowest BCUT2D eigenvalue weighted by Gasteiger charge is -2.30. The maximum atomic E-state index is 13.7. The first-order chi connectivity index (χ1) is 16.6. The van der Waals surface area contributed by atoms with Crippen LogP contribution in [0.2, 0.25) is 0 Å². The number of aromatic nitrogens is 1. The van der Waals surface area contributed by atoms with Gasteiger partial charge in [-0.05, 0) is 65.4 Å². The predicted molar refractivity (Wildman–Crippen MR) is 140 cm³/mol. The molecule has 2 heterocycles. The van der Waals surface area contributed by atoms with Crippen molar-refractivity contribution < 1.29 is 4.74 Å². The molecular formula is C28H21BrN2O2S. The zero-order valence-corrected chi connectivity index (χ0v) is 20.9. The number of rotatable bonds is 3. The molecule has 1 aromatic heterocycles. The highest BCUT2D eigenvalue weighted by atomic mass is 79.9. The summed E-state index contributed by atoms with van der Waals surface area (Å²) in [4.78, 5) is 19.5. The number of halogens is 1. The third-order valence-electron chi connectivity index (χ3n) is 6.47. The first-order valence-electron chi connectivity index (χ1n) is 11.1. The number of nitrogens with zero attached hydrogens (tertiary/aromatic N) is 2. The number of aryl methyl sites for hydroxylation is 1. The minimum Gasteiger partial charge on any atom is -0.497 e. The summed E-state index contributed by atoms with van der Waals surface area (Å²) in [6.07, 6.45) is 3.78. The molecule has 0 amide bonds. The topological polar surface area (TPSA) is 43.6 Å². The number of hydrogen-bond donors (Lipinski definition) is 0. The zero-order valence-electron chi connectivity index (χ0n) is 18.5. The summed E-state index contributed by atoms with van der Waals surface area (Å²) in [5.74, 6) is 0.801. The van der Waals surface area contributed by atoms with Gasteiger partial charge >= 0.3 is 0 Å². The van der Waals surface area contributed by atoms with Crippen molar-refractivity contribution in [1.29, 1.82) is 0 Å². The fraction of sp³-hybridized carbons (Fsp3) is 0.143. The number of thiazole rings is 1. The van der Waals surface area contributed by atoms with Crippen LogP contribution in [-0.4, -0.2) is 11.7 Å². The molecule has 6 rings (SSSR count). The molecule has 168 valence electrons. The normalized spacial score (nSPS) is 17.0. The van der Waals surface area contributed by atoms with Crippen molar-refractivity contribution in [3.63, 3.8) is 0 Å². The van der Waals surface area contributed by atoms with Crippen LogP contribution < -0.4 is 19.6 Å². The van der Waals surface area contributed by atoms with Crippen LogP contribution in [0.1, 0.15) is 34.7 Å². The summed E-state index contributed by atoms with van der Waals surface area (Å²) in [7, 11) is 1.67. The van der Waals surface area contributed by atoms with Gasteiger partial charge in [-0.25, -0.2) is 4.99 Å².